The molecule has 1 saturated carbocycles. The lowest BCUT2D eigenvalue weighted by molar-refractivity contribution is 0.0928. The van der Waals surface area contributed by atoms with Crippen molar-refractivity contribution < 1.29 is 23.1 Å². The number of alkyl halides is 2. The molecule has 2 N–H and O–H groups in total. The van der Waals surface area contributed by atoms with E-state index in [0.29, 0.717) is 17.9 Å². The molecule has 0 heterocycles. The summed E-state index contributed by atoms with van der Waals surface area (Å²) in [5, 5.41) is 5.07. The van der Waals surface area contributed by atoms with Gasteiger partial charge in [-0.25, -0.2) is 13.6 Å². The highest BCUT2D eigenvalue weighted by Gasteiger charge is 2.56. The fourth-order valence-electron chi connectivity index (χ4n) is 3.11. The van der Waals surface area contributed by atoms with Crippen LogP contribution in [0.1, 0.15) is 34.3 Å². The normalized spacial score (nSPS) is 16.8. The first kappa shape index (κ1) is 21.0. The first-order valence-electron chi connectivity index (χ1n) is 9.16. The third-order valence-corrected chi connectivity index (χ3v) is 5.06. The van der Waals surface area contributed by atoms with Gasteiger partial charge in [-0.05, 0) is 55.7 Å². The molecule has 1 aliphatic rings. The third kappa shape index (κ3) is 5.23. The van der Waals surface area contributed by atoms with Crippen molar-refractivity contribution >= 4 is 29.2 Å². The summed E-state index contributed by atoms with van der Waals surface area (Å²) >= 11 is 5.95. The average Bonchev–Trinajstić information content (AvgIpc) is 3.24. The van der Waals surface area contributed by atoms with Crippen molar-refractivity contribution in [1.82, 2.24) is 5.32 Å². The lowest BCUT2D eigenvalue weighted by Crippen LogP contribution is -2.34. The Balaban J connectivity index is 1.57. The van der Waals surface area contributed by atoms with Crippen molar-refractivity contribution in [3.8, 4) is 5.75 Å². The second-order valence-corrected chi connectivity index (χ2v) is 7.53. The molecule has 0 aliphatic heterocycles. The molecule has 1 fully saturated rings. The Morgan fingerprint density at radius 1 is 1.21 bits per heavy atom. The van der Waals surface area contributed by atoms with E-state index in [9.17, 15) is 18.4 Å². The Labute approximate surface area is 172 Å². The second kappa shape index (κ2) is 8.37. The van der Waals surface area contributed by atoms with Crippen LogP contribution in [-0.4, -0.2) is 24.5 Å². The van der Waals surface area contributed by atoms with Crippen LogP contribution in [0.25, 0.3) is 0 Å². The zero-order valence-corrected chi connectivity index (χ0v) is 16.8. The zero-order valence-electron chi connectivity index (χ0n) is 16.0. The Hall–Kier alpha value is -2.67. The molecule has 8 heteroatoms. The van der Waals surface area contributed by atoms with Gasteiger partial charge in [0.25, 0.3) is 11.8 Å². The van der Waals surface area contributed by atoms with Crippen LogP contribution in [0, 0.1) is 19.8 Å². The highest BCUT2D eigenvalue weighted by molar-refractivity contribution is 6.34. The molecular formula is C21H21ClF2N2O3. The van der Waals surface area contributed by atoms with Gasteiger partial charge in [0.1, 0.15) is 5.75 Å². The number of rotatable bonds is 6. The van der Waals surface area contributed by atoms with Crippen molar-refractivity contribution in [3.63, 3.8) is 0 Å². The molecular weight excluding hydrogens is 402 g/mol. The summed E-state index contributed by atoms with van der Waals surface area (Å²) in [4.78, 5) is 24.3. The molecule has 1 atom stereocenters. The third-order valence-electron chi connectivity index (χ3n) is 4.73. The minimum Gasteiger partial charge on any atom is -0.493 e. The Morgan fingerprint density at radius 3 is 2.41 bits per heavy atom. The van der Waals surface area contributed by atoms with Gasteiger partial charge in [-0.1, -0.05) is 23.7 Å². The average molecular weight is 423 g/mol. The molecule has 2 aromatic rings. The summed E-state index contributed by atoms with van der Waals surface area (Å²) in [7, 11) is 0. The molecule has 3 amide bonds. The van der Waals surface area contributed by atoms with E-state index >= 15 is 0 Å². The summed E-state index contributed by atoms with van der Waals surface area (Å²) < 4.78 is 31.6. The van der Waals surface area contributed by atoms with Crippen LogP contribution in [0.5, 0.6) is 5.75 Å². The summed E-state index contributed by atoms with van der Waals surface area (Å²) in [6.07, 6.45) is 0.234. The van der Waals surface area contributed by atoms with Gasteiger partial charge in [0, 0.05) is 18.0 Å². The van der Waals surface area contributed by atoms with Crippen LogP contribution in [-0.2, 0) is 0 Å². The lowest BCUT2D eigenvalue weighted by atomic mass is 10.1. The molecule has 0 aromatic heterocycles. The first-order chi connectivity index (χ1) is 13.7. The van der Waals surface area contributed by atoms with Gasteiger partial charge < -0.3 is 10.1 Å². The molecule has 154 valence electrons. The topological polar surface area (TPSA) is 67.4 Å². The van der Waals surface area contributed by atoms with E-state index in [2.05, 4.69) is 10.6 Å². The highest BCUT2D eigenvalue weighted by Crippen LogP contribution is 2.50. The van der Waals surface area contributed by atoms with E-state index in [4.69, 9.17) is 16.3 Å². The highest BCUT2D eigenvalue weighted by atomic mass is 35.5. The van der Waals surface area contributed by atoms with Gasteiger partial charge in [-0.15, -0.1) is 0 Å². The summed E-state index contributed by atoms with van der Waals surface area (Å²) in [5.41, 5.74) is 2.17. The molecule has 0 spiro atoms. The molecule has 0 bridgehead atoms. The van der Waals surface area contributed by atoms with E-state index in [1.165, 1.54) is 6.07 Å². The van der Waals surface area contributed by atoms with Gasteiger partial charge in [0.05, 0.1) is 17.2 Å². The maximum atomic E-state index is 12.9. The molecule has 2 aromatic carbocycles. The number of hydrogen-bond acceptors (Lipinski definition) is 3. The summed E-state index contributed by atoms with van der Waals surface area (Å²) in [5.74, 6) is -3.15. The number of nitrogens with one attached hydrogen (secondary N) is 2. The Kier molecular flexibility index (Phi) is 6.07. The molecule has 0 saturated heterocycles. The number of hydrogen-bond donors (Lipinski definition) is 2. The molecule has 29 heavy (non-hydrogen) atoms. The van der Waals surface area contributed by atoms with Crippen LogP contribution in [0.3, 0.4) is 0 Å². The van der Waals surface area contributed by atoms with Crippen molar-refractivity contribution in [3.05, 3.63) is 58.1 Å². The minimum absolute atomic E-state index is 0.0702. The number of anilines is 1. The number of carbonyl (C=O) groups is 2. The maximum Gasteiger partial charge on any atom is 0.326 e. The van der Waals surface area contributed by atoms with Gasteiger partial charge >= 0.3 is 6.03 Å². The van der Waals surface area contributed by atoms with Crippen molar-refractivity contribution in [2.24, 2.45) is 5.92 Å². The number of urea groups is 1. The van der Waals surface area contributed by atoms with Gasteiger partial charge in [0.2, 0.25) is 0 Å². The van der Waals surface area contributed by atoms with Gasteiger partial charge in [-0.3, -0.25) is 10.1 Å². The largest absolute Gasteiger partial charge is 0.493 e. The van der Waals surface area contributed by atoms with E-state index in [1.807, 2.05) is 0 Å². The van der Waals surface area contributed by atoms with Crippen LogP contribution >= 0.6 is 11.6 Å². The quantitative estimate of drug-likeness (QED) is 0.660. The maximum absolute atomic E-state index is 12.9. The fraction of sp³-hybridized carbons (Fsp3) is 0.333. The second-order valence-electron chi connectivity index (χ2n) is 7.13. The Morgan fingerprint density at radius 2 is 1.83 bits per heavy atom. The first-order valence-corrected chi connectivity index (χ1v) is 9.54. The SMILES string of the molecule is Cc1cc(NC(=O)NC(=O)c2ccccc2Cl)cc(C)c1OCCC1CC1(F)F. The Bertz CT molecular complexity index is 926. The standard InChI is InChI=1S/C21H21ClF2N2O3/c1-12-9-15(10-13(2)18(12)29-8-7-14-11-21(14,23)24)25-20(28)26-19(27)16-5-3-4-6-17(16)22/h3-6,9-10,14H,7-8,11H2,1-2H3,(H2,25,26,27,28). The fourth-order valence-corrected chi connectivity index (χ4v) is 3.34. The molecule has 5 nitrogen and oxygen atoms in total. The monoisotopic (exact) mass is 422 g/mol. The van der Waals surface area contributed by atoms with Crippen molar-refractivity contribution in [2.45, 2.75) is 32.6 Å². The molecule has 1 unspecified atom stereocenters. The van der Waals surface area contributed by atoms with Crippen molar-refractivity contribution in [1.29, 1.82) is 0 Å². The molecule has 0 radical (unpaired) electrons. The number of ether oxygens (including phenoxy) is 1. The van der Waals surface area contributed by atoms with E-state index < -0.39 is 23.8 Å². The van der Waals surface area contributed by atoms with E-state index in [-0.39, 0.29) is 23.6 Å². The number of amides is 3. The molecule has 1 aliphatic carbocycles. The predicted molar refractivity (Wildman–Crippen MR) is 107 cm³/mol. The number of carbonyl (C=O) groups excluding carboxylic acids is 2. The van der Waals surface area contributed by atoms with Crippen LogP contribution in [0.15, 0.2) is 36.4 Å². The minimum atomic E-state index is -2.55. The summed E-state index contributed by atoms with van der Waals surface area (Å²) in [6.45, 7) is 3.81. The van der Waals surface area contributed by atoms with Crippen molar-refractivity contribution in [2.75, 3.05) is 11.9 Å². The predicted octanol–water partition coefficient (Wildman–Crippen LogP) is 5.34. The summed E-state index contributed by atoms with van der Waals surface area (Å²) in [6, 6.07) is 9.09. The number of imide groups is 1. The van der Waals surface area contributed by atoms with Gasteiger partial charge in [-0.2, -0.15) is 0 Å². The zero-order chi connectivity index (χ0) is 21.2. The van der Waals surface area contributed by atoms with E-state index in [1.54, 1.807) is 44.2 Å². The van der Waals surface area contributed by atoms with Gasteiger partial charge in [0.15, 0.2) is 0 Å². The number of halogens is 3. The molecule has 3 rings (SSSR count). The van der Waals surface area contributed by atoms with Crippen LogP contribution in [0.4, 0.5) is 19.3 Å². The van der Waals surface area contributed by atoms with Crippen LogP contribution in [0.2, 0.25) is 5.02 Å². The number of benzene rings is 2. The van der Waals surface area contributed by atoms with E-state index in [0.717, 1.165) is 11.1 Å². The number of aryl methyl sites for hydroxylation is 2. The van der Waals surface area contributed by atoms with Crippen LogP contribution < -0.4 is 15.4 Å². The smallest absolute Gasteiger partial charge is 0.326 e. The lowest BCUT2D eigenvalue weighted by Gasteiger charge is -2.15.